The number of ether oxygens (including phenoxy) is 1. The van der Waals surface area contributed by atoms with E-state index in [0.717, 1.165) is 11.3 Å². The maximum absolute atomic E-state index is 12.0. The normalized spacial score (nSPS) is 12.3. The van der Waals surface area contributed by atoms with Gasteiger partial charge in [0.15, 0.2) is 5.84 Å². The molecular weight excluding hydrogens is 354 g/mol. The zero-order valence-electron chi connectivity index (χ0n) is 14.7. The number of rotatable bonds is 8. The van der Waals surface area contributed by atoms with Gasteiger partial charge in [-0.25, -0.2) is 0 Å². The molecule has 0 aromatic heterocycles. The first-order valence-electron chi connectivity index (χ1n) is 8.15. The Labute approximate surface area is 157 Å². The molecular formula is C19H22ClN3O3. The monoisotopic (exact) mass is 375 g/mol. The van der Waals surface area contributed by atoms with E-state index in [1.807, 2.05) is 24.3 Å². The van der Waals surface area contributed by atoms with Crippen molar-refractivity contribution in [1.82, 2.24) is 5.32 Å². The summed E-state index contributed by atoms with van der Waals surface area (Å²) in [6, 6.07) is 14.6. The fraction of sp³-hybridized carbons (Fsp3) is 0.263. The van der Waals surface area contributed by atoms with Gasteiger partial charge in [-0.1, -0.05) is 41.0 Å². The van der Waals surface area contributed by atoms with Gasteiger partial charge in [-0.2, -0.15) is 0 Å². The van der Waals surface area contributed by atoms with Crippen molar-refractivity contribution >= 4 is 23.3 Å². The number of amides is 1. The number of amidine groups is 1. The van der Waals surface area contributed by atoms with Gasteiger partial charge < -0.3 is 20.6 Å². The van der Waals surface area contributed by atoms with Crippen molar-refractivity contribution in [2.45, 2.75) is 19.4 Å². The fourth-order valence-electron chi connectivity index (χ4n) is 2.15. The van der Waals surface area contributed by atoms with E-state index in [1.165, 1.54) is 0 Å². The number of hydrogen-bond acceptors (Lipinski definition) is 4. The number of oxime groups is 1. The van der Waals surface area contributed by atoms with Crippen LogP contribution in [0.5, 0.6) is 5.75 Å². The highest BCUT2D eigenvalue weighted by atomic mass is 35.5. The summed E-state index contributed by atoms with van der Waals surface area (Å²) in [6.45, 7) is 2.10. The highest BCUT2D eigenvalue weighted by Gasteiger charge is 2.14. The second-order valence-corrected chi connectivity index (χ2v) is 6.06. The summed E-state index contributed by atoms with van der Waals surface area (Å²) in [7, 11) is 1.62. The maximum Gasteiger partial charge on any atom is 0.263 e. The van der Waals surface area contributed by atoms with Crippen LogP contribution in [0, 0.1) is 0 Å². The van der Waals surface area contributed by atoms with Crippen molar-refractivity contribution in [3.8, 4) is 5.75 Å². The molecule has 0 saturated heterocycles. The summed E-state index contributed by atoms with van der Waals surface area (Å²) < 4.78 is 5.11. The van der Waals surface area contributed by atoms with Gasteiger partial charge in [0.1, 0.15) is 5.75 Å². The third-order valence-corrected chi connectivity index (χ3v) is 3.91. The average molecular weight is 376 g/mol. The van der Waals surface area contributed by atoms with Crippen LogP contribution in [-0.4, -0.2) is 31.5 Å². The van der Waals surface area contributed by atoms with Crippen LogP contribution >= 0.6 is 11.6 Å². The largest absolute Gasteiger partial charge is 0.497 e. The van der Waals surface area contributed by atoms with Crippen molar-refractivity contribution in [2.75, 3.05) is 13.7 Å². The number of carbonyl (C=O) groups is 1. The summed E-state index contributed by atoms with van der Waals surface area (Å²) >= 11 is 5.90. The Hall–Kier alpha value is -2.73. The molecule has 0 heterocycles. The summed E-state index contributed by atoms with van der Waals surface area (Å²) in [6.07, 6.45) is -0.0558. The van der Waals surface area contributed by atoms with Crippen molar-refractivity contribution in [1.29, 1.82) is 0 Å². The zero-order chi connectivity index (χ0) is 18.9. The van der Waals surface area contributed by atoms with Crippen molar-refractivity contribution < 1.29 is 14.4 Å². The fourth-order valence-corrected chi connectivity index (χ4v) is 2.34. The summed E-state index contributed by atoms with van der Waals surface area (Å²) in [5, 5.41) is 7.15. The van der Waals surface area contributed by atoms with Gasteiger partial charge in [0, 0.05) is 17.1 Å². The van der Waals surface area contributed by atoms with E-state index >= 15 is 0 Å². The molecule has 7 heteroatoms. The van der Waals surface area contributed by atoms with E-state index in [-0.39, 0.29) is 11.7 Å². The number of methoxy groups -OCH3 is 1. The summed E-state index contributed by atoms with van der Waals surface area (Å²) in [5.41, 5.74) is 7.57. The topological polar surface area (TPSA) is 85.9 Å². The zero-order valence-corrected chi connectivity index (χ0v) is 15.5. The minimum absolute atomic E-state index is 0.158. The molecule has 0 aliphatic carbocycles. The van der Waals surface area contributed by atoms with Gasteiger partial charge in [-0.3, -0.25) is 4.79 Å². The Bertz CT molecular complexity index is 763. The standard InChI is InChI=1S/C19H22ClN3O3/c1-13(26-23-18(21)15-4-3-5-16(20)12-15)19(24)22-11-10-14-6-8-17(25-2)9-7-14/h3-9,12-13H,10-11H2,1-2H3,(H2,21,23)(H,22,24). The lowest BCUT2D eigenvalue weighted by Gasteiger charge is -2.11. The van der Waals surface area contributed by atoms with Crippen LogP contribution in [0.25, 0.3) is 0 Å². The Balaban J connectivity index is 1.78. The second kappa shape index (κ2) is 9.68. The first-order chi connectivity index (χ1) is 12.5. The Morgan fingerprint density at radius 2 is 2.00 bits per heavy atom. The van der Waals surface area contributed by atoms with Gasteiger partial charge >= 0.3 is 0 Å². The molecule has 0 aliphatic rings. The quantitative estimate of drug-likeness (QED) is 0.422. The van der Waals surface area contributed by atoms with E-state index in [0.29, 0.717) is 23.6 Å². The molecule has 0 radical (unpaired) electrons. The van der Waals surface area contributed by atoms with Crippen molar-refractivity contribution in [3.63, 3.8) is 0 Å². The van der Waals surface area contributed by atoms with Crippen LogP contribution in [0.2, 0.25) is 5.02 Å². The van der Waals surface area contributed by atoms with E-state index in [4.69, 9.17) is 26.9 Å². The third-order valence-electron chi connectivity index (χ3n) is 3.67. The first kappa shape index (κ1) is 19.6. The molecule has 0 fully saturated rings. The molecule has 0 aliphatic heterocycles. The molecule has 1 unspecified atom stereocenters. The van der Waals surface area contributed by atoms with Crippen LogP contribution in [-0.2, 0) is 16.1 Å². The number of carbonyl (C=O) groups excluding carboxylic acids is 1. The van der Waals surface area contributed by atoms with E-state index in [2.05, 4.69) is 10.5 Å². The SMILES string of the molecule is COc1ccc(CCNC(=O)C(C)O/N=C(\N)c2cccc(Cl)c2)cc1. The molecule has 0 saturated carbocycles. The van der Waals surface area contributed by atoms with Crippen LogP contribution in [0.1, 0.15) is 18.1 Å². The molecule has 3 N–H and O–H groups in total. The Kier molecular flexibility index (Phi) is 7.29. The molecule has 1 amide bonds. The first-order valence-corrected chi connectivity index (χ1v) is 8.53. The number of hydrogen-bond donors (Lipinski definition) is 2. The third kappa shape index (κ3) is 5.97. The number of halogens is 1. The lowest BCUT2D eigenvalue weighted by molar-refractivity contribution is -0.131. The lowest BCUT2D eigenvalue weighted by Crippen LogP contribution is -2.35. The number of benzene rings is 2. The van der Waals surface area contributed by atoms with Crippen LogP contribution in [0.4, 0.5) is 0 Å². The van der Waals surface area contributed by atoms with Gasteiger partial charge in [-0.05, 0) is 43.2 Å². The molecule has 0 spiro atoms. The predicted molar refractivity (Wildman–Crippen MR) is 102 cm³/mol. The maximum atomic E-state index is 12.0. The molecule has 138 valence electrons. The van der Waals surface area contributed by atoms with E-state index < -0.39 is 6.10 Å². The van der Waals surface area contributed by atoms with Gasteiger partial charge in [0.05, 0.1) is 7.11 Å². The minimum Gasteiger partial charge on any atom is -0.497 e. The van der Waals surface area contributed by atoms with Gasteiger partial charge in [0.25, 0.3) is 5.91 Å². The minimum atomic E-state index is -0.761. The Morgan fingerprint density at radius 1 is 1.27 bits per heavy atom. The lowest BCUT2D eigenvalue weighted by atomic mass is 10.1. The second-order valence-electron chi connectivity index (χ2n) is 5.62. The molecule has 26 heavy (non-hydrogen) atoms. The number of nitrogens with zero attached hydrogens (tertiary/aromatic N) is 1. The molecule has 2 aromatic carbocycles. The van der Waals surface area contributed by atoms with Gasteiger partial charge in [0.2, 0.25) is 6.10 Å². The van der Waals surface area contributed by atoms with E-state index in [9.17, 15) is 4.79 Å². The predicted octanol–water partition coefficient (Wildman–Crippen LogP) is 2.73. The summed E-state index contributed by atoms with van der Waals surface area (Å²) in [5.74, 6) is 0.696. The van der Waals surface area contributed by atoms with Crippen molar-refractivity contribution in [2.24, 2.45) is 10.9 Å². The molecule has 2 rings (SSSR count). The number of nitrogens with two attached hydrogens (primary N) is 1. The number of nitrogens with one attached hydrogen (secondary N) is 1. The Morgan fingerprint density at radius 3 is 2.65 bits per heavy atom. The highest BCUT2D eigenvalue weighted by Crippen LogP contribution is 2.12. The van der Waals surface area contributed by atoms with E-state index in [1.54, 1.807) is 38.3 Å². The molecule has 2 aromatic rings. The van der Waals surface area contributed by atoms with Crippen molar-refractivity contribution in [3.05, 3.63) is 64.7 Å². The van der Waals surface area contributed by atoms with Crippen LogP contribution in [0.3, 0.4) is 0 Å². The smallest absolute Gasteiger partial charge is 0.263 e. The molecule has 1 atom stereocenters. The summed E-state index contributed by atoms with van der Waals surface area (Å²) in [4.78, 5) is 17.2. The highest BCUT2D eigenvalue weighted by molar-refractivity contribution is 6.31. The van der Waals surface area contributed by atoms with Crippen LogP contribution in [0.15, 0.2) is 53.7 Å². The average Bonchev–Trinajstić information content (AvgIpc) is 2.66. The van der Waals surface area contributed by atoms with Crippen LogP contribution < -0.4 is 15.8 Å². The van der Waals surface area contributed by atoms with Gasteiger partial charge in [-0.15, -0.1) is 0 Å². The molecule has 0 bridgehead atoms. The molecule has 6 nitrogen and oxygen atoms in total.